The topological polar surface area (TPSA) is 72.8 Å². The van der Waals surface area contributed by atoms with Crippen LogP contribution >= 0.6 is 0 Å². The van der Waals surface area contributed by atoms with Gasteiger partial charge in [0, 0.05) is 5.56 Å². The van der Waals surface area contributed by atoms with Gasteiger partial charge in [-0.25, -0.2) is 0 Å². The summed E-state index contributed by atoms with van der Waals surface area (Å²) in [6.07, 6.45) is -1.03. The van der Waals surface area contributed by atoms with Crippen LogP contribution < -0.4 is 9.47 Å². The lowest BCUT2D eigenvalue weighted by atomic mass is 9.94. The van der Waals surface area contributed by atoms with Gasteiger partial charge >= 0.3 is 0 Å². The molecule has 3 rings (SSSR count). The van der Waals surface area contributed by atoms with Crippen molar-refractivity contribution in [3.63, 3.8) is 0 Å². The number of benzene rings is 2. The van der Waals surface area contributed by atoms with E-state index in [1.54, 1.807) is 30.3 Å². The van der Waals surface area contributed by atoms with Gasteiger partial charge in [-0.2, -0.15) is 0 Å². The molecule has 0 spiro atoms. The average Bonchev–Trinajstić information content (AvgIpc) is 2.51. The van der Waals surface area contributed by atoms with Gasteiger partial charge in [-0.15, -0.1) is 0 Å². The van der Waals surface area contributed by atoms with Gasteiger partial charge in [0.1, 0.15) is 0 Å². The lowest BCUT2D eigenvalue weighted by molar-refractivity contribution is -0.122. The van der Waals surface area contributed by atoms with Gasteiger partial charge in [-0.05, 0) is 12.1 Å². The summed E-state index contributed by atoms with van der Waals surface area (Å²) in [5.74, 6) is -1.29. The molecule has 1 N–H and O–H groups in total. The van der Waals surface area contributed by atoms with Crippen molar-refractivity contribution in [1.29, 1.82) is 0 Å². The van der Waals surface area contributed by atoms with E-state index in [9.17, 15) is 14.7 Å². The van der Waals surface area contributed by atoms with E-state index >= 15 is 0 Å². The summed E-state index contributed by atoms with van der Waals surface area (Å²) in [6.45, 7) is 0. The highest BCUT2D eigenvalue weighted by Crippen LogP contribution is 2.44. The molecule has 0 aliphatic carbocycles. The molecule has 0 amide bonds. The molecule has 1 aliphatic rings. The first-order valence-electron chi connectivity index (χ1n) is 6.33. The van der Waals surface area contributed by atoms with Gasteiger partial charge in [-0.3, -0.25) is 9.59 Å². The van der Waals surface area contributed by atoms with Crippen LogP contribution in [-0.4, -0.2) is 23.8 Å². The van der Waals surface area contributed by atoms with Gasteiger partial charge in [0.15, 0.2) is 17.6 Å². The number of rotatable bonds is 2. The molecule has 2 aromatic rings. The number of phenols is 1. The minimum Gasteiger partial charge on any atom is -0.504 e. The van der Waals surface area contributed by atoms with Crippen LogP contribution in [0.25, 0.3) is 0 Å². The minimum absolute atomic E-state index is 0.0503. The van der Waals surface area contributed by atoms with Crippen LogP contribution in [0.3, 0.4) is 0 Å². The summed E-state index contributed by atoms with van der Waals surface area (Å²) in [6, 6.07) is 11.4. The monoisotopic (exact) mass is 284 g/mol. The fourth-order valence-electron chi connectivity index (χ4n) is 2.32. The van der Waals surface area contributed by atoms with Gasteiger partial charge in [0.2, 0.25) is 17.3 Å². The van der Waals surface area contributed by atoms with Crippen molar-refractivity contribution in [3.8, 4) is 17.2 Å². The number of methoxy groups -OCH3 is 1. The van der Waals surface area contributed by atoms with Crippen LogP contribution in [0.4, 0.5) is 0 Å². The Morgan fingerprint density at radius 3 is 2.48 bits per heavy atom. The normalized spacial score (nSPS) is 17.1. The first-order valence-corrected chi connectivity index (χ1v) is 6.33. The van der Waals surface area contributed by atoms with Crippen LogP contribution in [0.15, 0.2) is 42.5 Å². The maximum atomic E-state index is 12.2. The van der Waals surface area contributed by atoms with Gasteiger partial charge in [0.25, 0.3) is 0 Å². The number of ketones is 2. The Morgan fingerprint density at radius 1 is 1.10 bits per heavy atom. The highest BCUT2D eigenvalue weighted by atomic mass is 16.5. The Labute approximate surface area is 120 Å². The molecule has 0 saturated heterocycles. The molecule has 1 unspecified atom stereocenters. The van der Waals surface area contributed by atoms with Crippen molar-refractivity contribution in [2.24, 2.45) is 0 Å². The fourth-order valence-corrected chi connectivity index (χ4v) is 2.32. The SMILES string of the molecule is COc1c(O)ccc2c1OC(c1ccccc1)C(=O)C2=O. The quantitative estimate of drug-likeness (QED) is 0.856. The Balaban J connectivity index is 2.14. The number of ether oxygens (including phenoxy) is 2. The number of carbonyl (C=O) groups excluding carboxylic acids is 2. The van der Waals surface area contributed by atoms with E-state index in [2.05, 4.69) is 0 Å². The number of hydrogen-bond donors (Lipinski definition) is 1. The Hall–Kier alpha value is -2.82. The second kappa shape index (κ2) is 4.94. The Kier molecular flexibility index (Phi) is 3.10. The van der Waals surface area contributed by atoms with Crippen molar-refractivity contribution >= 4 is 11.6 Å². The summed E-state index contributed by atoms with van der Waals surface area (Å²) in [5, 5.41) is 9.77. The molecule has 1 aliphatic heterocycles. The molecule has 5 heteroatoms. The van der Waals surface area contributed by atoms with Gasteiger partial charge in [0.05, 0.1) is 12.7 Å². The third kappa shape index (κ3) is 2.03. The zero-order chi connectivity index (χ0) is 15.0. The molecule has 1 atom stereocenters. The first-order chi connectivity index (χ1) is 10.1. The molecule has 0 fully saturated rings. The molecule has 2 aromatic carbocycles. The number of fused-ring (bicyclic) bond motifs is 1. The van der Waals surface area contributed by atoms with E-state index in [0.717, 1.165) is 0 Å². The van der Waals surface area contributed by atoms with E-state index in [1.807, 2.05) is 0 Å². The summed E-state index contributed by atoms with van der Waals surface area (Å²) in [4.78, 5) is 24.4. The van der Waals surface area contributed by atoms with E-state index in [-0.39, 0.29) is 22.8 Å². The number of phenolic OH excluding ortho intramolecular Hbond substituents is 1. The summed E-state index contributed by atoms with van der Waals surface area (Å²) in [7, 11) is 1.36. The van der Waals surface area contributed by atoms with E-state index in [0.29, 0.717) is 5.56 Å². The lowest BCUT2D eigenvalue weighted by Crippen LogP contribution is -2.31. The maximum Gasteiger partial charge on any atom is 0.248 e. The van der Waals surface area contributed by atoms with E-state index in [4.69, 9.17) is 9.47 Å². The van der Waals surface area contributed by atoms with Crippen LogP contribution in [0.2, 0.25) is 0 Å². The molecule has 1 heterocycles. The maximum absolute atomic E-state index is 12.2. The number of Topliss-reactive ketones (excluding diaryl/α,β-unsaturated/α-hetero) is 2. The average molecular weight is 284 g/mol. The van der Waals surface area contributed by atoms with Gasteiger partial charge < -0.3 is 14.6 Å². The minimum atomic E-state index is -1.03. The predicted octanol–water partition coefficient (Wildman–Crippen LogP) is 2.29. The zero-order valence-corrected chi connectivity index (χ0v) is 11.2. The van der Waals surface area contributed by atoms with Crippen molar-refractivity contribution in [2.45, 2.75) is 6.10 Å². The highest BCUT2D eigenvalue weighted by Gasteiger charge is 2.38. The number of aromatic hydroxyl groups is 1. The fraction of sp³-hybridized carbons (Fsp3) is 0.125. The molecule has 21 heavy (non-hydrogen) atoms. The lowest BCUT2D eigenvalue weighted by Gasteiger charge is -2.25. The molecular weight excluding hydrogens is 272 g/mol. The van der Waals surface area contributed by atoms with Gasteiger partial charge in [-0.1, -0.05) is 30.3 Å². The molecule has 106 valence electrons. The Bertz CT molecular complexity index is 721. The third-order valence-corrected chi connectivity index (χ3v) is 3.34. The standard InChI is InChI=1S/C16H12O5/c1-20-16-11(17)8-7-10-12(18)13(19)14(21-15(10)16)9-5-3-2-4-6-9/h2-8,14,17H,1H3. The number of hydrogen-bond acceptors (Lipinski definition) is 5. The highest BCUT2D eigenvalue weighted by molar-refractivity contribution is 6.46. The predicted molar refractivity (Wildman–Crippen MR) is 73.8 cm³/mol. The molecule has 0 aromatic heterocycles. The molecule has 5 nitrogen and oxygen atoms in total. The molecule has 0 saturated carbocycles. The van der Waals surface area contributed by atoms with Crippen LogP contribution in [0, 0.1) is 0 Å². The summed E-state index contributed by atoms with van der Waals surface area (Å²) in [5.41, 5.74) is 0.675. The first kappa shape index (κ1) is 13.2. The van der Waals surface area contributed by atoms with E-state index in [1.165, 1.54) is 19.2 Å². The molecule has 0 radical (unpaired) electrons. The second-order valence-corrected chi connectivity index (χ2v) is 4.60. The van der Waals surface area contributed by atoms with Crippen LogP contribution in [0.1, 0.15) is 22.0 Å². The van der Waals surface area contributed by atoms with Crippen molar-refractivity contribution in [2.75, 3.05) is 7.11 Å². The number of carbonyl (C=O) groups is 2. The largest absolute Gasteiger partial charge is 0.504 e. The Morgan fingerprint density at radius 2 is 1.81 bits per heavy atom. The third-order valence-electron chi connectivity index (χ3n) is 3.34. The summed E-state index contributed by atoms with van der Waals surface area (Å²) >= 11 is 0. The zero-order valence-electron chi connectivity index (χ0n) is 11.2. The van der Waals surface area contributed by atoms with Crippen molar-refractivity contribution in [3.05, 3.63) is 53.6 Å². The van der Waals surface area contributed by atoms with E-state index < -0.39 is 17.7 Å². The smallest absolute Gasteiger partial charge is 0.248 e. The van der Waals surface area contributed by atoms with Crippen molar-refractivity contribution in [1.82, 2.24) is 0 Å². The van der Waals surface area contributed by atoms with Crippen molar-refractivity contribution < 1.29 is 24.2 Å². The molecule has 0 bridgehead atoms. The van der Waals surface area contributed by atoms with Crippen LogP contribution in [-0.2, 0) is 4.79 Å². The second-order valence-electron chi connectivity index (χ2n) is 4.60. The summed E-state index contributed by atoms with van der Waals surface area (Å²) < 4.78 is 10.7. The van der Waals surface area contributed by atoms with Crippen LogP contribution in [0.5, 0.6) is 17.2 Å². The molecular formula is C16H12O5.